The van der Waals surface area contributed by atoms with E-state index < -0.39 is 0 Å². The molecule has 1 aromatic carbocycles. The number of hydrogen-bond acceptors (Lipinski definition) is 5. The lowest BCUT2D eigenvalue weighted by Gasteiger charge is -2.26. The summed E-state index contributed by atoms with van der Waals surface area (Å²) in [6, 6.07) is 5.79. The second kappa shape index (κ2) is 10.5. The van der Waals surface area contributed by atoms with Crippen LogP contribution in [0.5, 0.6) is 11.5 Å². The van der Waals surface area contributed by atoms with Crippen LogP contribution in [-0.4, -0.2) is 75.1 Å². The van der Waals surface area contributed by atoms with Crippen LogP contribution in [-0.2, 0) is 16.0 Å². The molecule has 2 amide bonds. The van der Waals surface area contributed by atoms with Crippen LogP contribution in [0.25, 0.3) is 0 Å². The molecular formula is C22H33N3O4. The van der Waals surface area contributed by atoms with Crippen LogP contribution in [0, 0.1) is 5.92 Å². The van der Waals surface area contributed by atoms with Gasteiger partial charge in [-0.3, -0.25) is 9.59 Å². The summed E-state index contributed by atoms with van der Waals surface area (Å²) < 4.78 is 10.6. The van der Waals surface area contributed by atoms with E-state index in [0.29, 0.717) is 37.6 Å². The third-order valence-corrected chi connectivity index (χ3v) is 5.88. The average molecular weight is 404 g/mol. The van der Waals surface area contributed by atoms with Gasteiger partial charge in [0.25, 0.3) is 0 Å². The lowest BCUT2D eigenvalue weighted by Crippen LogP contribution is -2.40. The van der Waals surface area contributed by atoms with Crippen molar-refractivity contribution in [3.05, 3.63) is 23.8 Å². The summed E-state index contributed by atoms with van der Waals surface area (Å²) in [4.78, 5) is 29.0. The number of rotatable bonds is 9. The molecule has 1 unspecified atom stereocenters. The lowest BCUT2D eigenvalue weighted by atomic mass is 10.1. The maximum Gasteiger partial charge on any atom is 0.225 e. The zero-order valence-corrected chi connectivity index (χ0v) is 17.6. The van der Waals surface area contributed by atoms with Gasteiger partial charge in [-0.2, -0.15) is 0 Å². The third-order valence-electron chi connectivity index (χ3n) is 5.88. The molecule has 7 nitrogen and oxygen atoms in total. The highest BCUT2D eigenvalue weighted by molar-refractivity contribution is 5.89. The molecule has 2 aliphatic heterocycles. The molecule has 7 heteroatoms. The predicted octanol–water partition coefficient (Wildman–Crippen LogP) is 1.70. The number of nitrogens with one attached hydrogen (secondary N) is 1. The van der Waals surface area contributed by atoms with E-state index in [0.717, 1.165) is 31.6 Å². The molecule has 29 heavy (non-hydrogen) atoms. The van der Waals surface area contributed by atoms with E-state index >= 15 is 0 Å². The molecular weight excluding hydrogens is 370 g/mol. The van der Waals surface area contributed by atoms with Crippen molar-refractivity contribution in [3.63, 3.8) is 0 Å². The summed E-state index contributed by atoms with van der Waals surface area (Å²) in [6.07, 6.45) is 4.84. The molecule has 1 atom stereocenters. The van der Waals surface area contributed by atoms with Gasteiger partial charge in [-0.1, -0.05) is 12.5 Å². The number of likely N-dealkylation sites (tertiary alicyclic amines) is 2. The van der Waals surface area contributed by atoms with Gasteiger partial charge < -0.3 is 24.6 Å². The molecule has 2 heterocycles. The quantitative estimate of drug-likeness (QED) is 0.680. The van der Waals surface area contributed by atoms with Gasteiger partial charge in [-0.15, -0.1) is 0 Å². The van der Waals surface area contributed by atoms with Crippen molar-refractivity contribution < 1.29 is 19.1 Å². The summed E-state index contributed by atoms with van der Waals surface area (Å²) >= 11 is 0. The van der Waals surface area contributed by atoms with E-state index in [1.807, 2.05) is 18.2 Å². The van der Waals surface area contributed by atoms with Crippen LogP contribution in [0.15, 0.2) is 18.2 Å². The smallest absolute Gasteiger partial charge is 0.225 e. The molecule has 0 aliphatic carbocycles. The summed E-state index contributed by atoms with van der Waals surface area (Å²) in [6.45, 7) is 4.92. The monoisotopic (exact) mass is 403 g/mol. The summed E-state index contributed by atoms with van der Waals surface area (Å²) in [7, 11) is 3.22. The number of ether oxygens (including phenoxy) is 2. The molecule has 2 fully saturated rings. The van der Waals surface area contributed by atoms with Crippen molar-refractivity contribution in [2.75, 3.05) is 53.5 Å². The van der Waals surface area contributed by atoms with Crippen LogP contribution < -0.4 is 14.8 Å². The molecule has 0 bridgehead atoms. The average Bonchev–Trinajstić information content (AvgIpc) is 3.13. The zero-order valence-electron chi connectivity index (χ0n) is 17.6. The van der Waals surface area contributed by atoms with Gasteiger partial charge in [-0.05, 0) is 50.0 Å². The topological polar surface area (TPSA) is 71.1 Å². The molecule has 0 saturated carbocycles. The minimum absolute atomic E-state index is 0.00368. The Bertz CT molecular complexity index is 703. The number of amides is 2. The molecule has 0 aromatic heterocycles. The van der Waals surface area contributed by atoms with Gasteiger partial charge in [0.05, 0.1) is 20.1 Å². The zero-order chi connectivity index (χ0) is 20.6. The van der Waals surface area contributed by atoms with Gasteiger partial charge in [0.2, 0.25) is 11.8 Å². The largest absolute Gasteiger partial charge is 0.493 e. The van der Waals surface area contributed by atoms with Gasteiger partial charge in [0, 0.05) is 32.6 Å². The Morgan fingerprint density at radius 3 is 2.59 bits per heavy atom. The number of benzene rings is 1. The van der Waals surface area contributed by atoms with Crippen LogP contribution >= 0.6 is 0 Å². The molecule has 0 radical (unpaired) electrons. The maximum absolute atomic E-state index is 12.5. The number of piperidine rings is 1. The molecule has 3 rings (SSSR count). The highest BCUT2D eigenvalue weighted by Crippen LogP contribution is 2.28. The van der Waals surface area contributed by atoms with E-state index in [1.54, 1.807) is 19.1 Å². The summed E-state index contributed by atoms with van der Waals surface area (Å²) in [5.74, 6) is 1.19. The normalized spacial score (nSPS) is 20.0. The van der Waals surface area contributed by atoms with Crippen molar-refractivity contribution in [3.8, 4) is 11.5 Å². The highest BCUT2D eigenvalue weighted by Gasteiger charge is 2.33. The van der Waals surface area contributed by atoms with E-state index in [2.05, 4.69) is 10.2 Å². The van der Waals surface area contributed by atoms with Gasteiger partial charge in [-0.25, -0.2) is 0 Å². The SMILES string of the molecule is COc1ccc(CCN2CC(C(=O)NCCN3CCCCC3)CC2=O)cc1OC. The van der Waals surface area contributed by atoms with Gasteiger partial charge >= 0.3 is 0 Å². The third kappa shape index (κ3) is 5.85. The van der Waals surface area contributed by atoms with Crippen molar-refractivity contribution in [2.24, 2.45) is 5.92 Å². The second-order valence-electron chi connectivity index (χ2n) is 7.87. The highest BCUT2D eigenvalue weighted by atomic mass is 16.5. The Hall–Kier alpha value is -2.28. The molecule has 1 aromatic rings. The van der Waals surface area contributed by atoms with Crippen molar-refractivity contribution >= 4 is 11.8 Å². The number of hydrogen-bond donors (Lipinski definition) is 1. The Kier molecular flexibility index (Phi) is 7.75. The molecule has 160 valence electrons. The molecule has 0 spiro atoms. The first-order valence-corrected chi connectivity index (χ1v) is 10.6. The molecule has 1 N–H and O–H groups in total. The second-order valence-corrected chi connectivity index (χ2v) is 7.87. The number of methoxy groups -OCH3 is 2. The minimum atomic E-state index is -0.241. The first-order chi connectivity index (χ1) is 14.1. The van der Waals surface area contributed by atoms with Crippen molar-refractivity contribution in [2.45, 2.75) is 32.1 Å². The predicted molar refractivity (Wildman–Crippen MR) is 111 cm³/mol. The lowest BCUT2D eigenvalue weighted by molar-refractivity contribution is -0.129. The van der Waals surface area contributed by atoms with E-state index in [-0.39, 0.29) is 17.7 Å². The van der Waals surface area contributed by atoms with Crippen LogP contribution in [0.2, 0.25) is 0 Å². The summed E-state index contributed by atoms with van der Waals surface area (Å²) in [5, 5.41) is 3.02. The number of carbonyl (C=O) groups is 2. The van der Waals surface area contributed by atoms with Gasteiger partial charge in [0.1, 0.15) is 0 Å². The fourth-order valence-corrected chi connectivity index (χ4v) is 4.13. The Morgan fingerprint density at radius 2 is 1.86 bits per heavy atom. The first-order valence-electron chi connectivity index (χ1n) is 10.6. The molecule has 2 saturated heterocycles. The summed E-state index contributed by atoms with van der Waals surface area (Å²) in [5.41, 5.74) is 1.07. The van der Waals surface area contributed by atoms with Crippen LogP contribution in [0.1, 0.15) is 31.2 Å². The fourth-order valence-electron chi connectivity index (χ4n) is 4.13. The molecule has 2 aliphatic rings. The van der Waals surface area contributed by atoms with Crippen LogP contribution in [0.3, 0.4) is 0 Å². The van der Waals surface area contributed by atoms with E-state index in [4.69, 9.17) is 9.47 Å². The van der Waals surface area contributed by atoms with E-state index in [9.17, 15) is 9.59 Å². The minimum Gasteiger partial charge on any atom is -0.493 e. The first kappa shape index (κ1) is 21.4. The van der Waals surface area contributed by atoms with Crippen molar-refractivity contribution in [1.82, 2.24) is 15.1 Å². The standard InChI is InChI=1S/C22H33N3O4/c1-28-19-7-6-17(14-20(19)29-2)8-12-25-16-18(15-21(25)26)22(27)23-9-13-24-10-4-3-5-11-24/h6-7,14,18H,3-5,8-13,15-16H2,1-2H3,(H,23,27). The maximum atomic E-state index is 12.5. The Morgan fingerprint density at radius 1 is 1.10 bits per heavy atom. The fraction of sp³-hybridized carbons (Fsp3) is 0.636. The Balaban J connectivity index is 1.43. The Labute approximate surface area is 173 Å². The van der Waals surface area contributed by atoms with E-state index in [1.165, 1.54) is 19.3 Å². The van der Waals surface area contributed by atoms with Crippen molar-refractivity contribution in [1.29, 1.82) is 0 Å². The number of nitrogens with zero attached hydrogens (tertiary/aromatic N) is 2. The van der Waals surface area contributed by atoms with Crippen LogP contribution in [0.4, 0.5) is 0 Å². The number of carbonyl (C=O) groups excluding carboxylic acids is 2. The van der Waals surface area contributed by atoms with Gasteiger partial charge in [0.15, 0.2) is 11.5 Å².